The van der Waals surface area contributed by atoms with Gasteiger partial charge in [0.15, 0.2) is 17.3 Å². The molecule has 0 bridgehead atoms. The van der Waals surface area contributed by atoms with Crippen LogP contribution in [0.25, 0.3) is 0 Å². The molecule has 138 valence electrons. The first kappa shape index (κ1) is 17.1. The second kappa shape index (κ2) is 7.50. The number of amides is 1. The van der Waals surface area contributed by atoms with E-state index in [1.807, 2.05) is 35.2 Å². The van der Waals surface area contributed by atoms with E-state index in [0.717, 1.165) is 0 Å². The Bertz CT molecular complexity index is 906. The Morgan fingerprint density at radius 1 is 1.22 bits per heavy atom. The summed E-state index contributed by atoms with van der Waals surface area (Å²) in [6, 6.07) is 12.7. The van der Waals surface area contributed by atoms with Crippen LogP contribution in [0.5, 0.6) is 0 Å². The minimum absolute atomic E-state index is 0.0695. The van der Waals surface area contributed by atoms with E-state index in [4.69, 9.17) is 9.26 Å². The van der Waals surface area contributed by atoms with E-state index in [9.17, 15) is 4.79 Å². The second-order valence-corrected chi connectivity index (χ2v) is 6.17. The maximum atomic E-state index is 12.2. The van der Waals surface area contributed by atoms with Gasteiger partial charge in [-0.3, -0.25) is 4.79 Å². The summed E-state index contributed by atoms with van der Waals surface area (Å²) in [5, 5.41) is 14.7. The number of anilines is 2. The predicted molar refractivity (Wildman–Crippen MR) is 96.3 cm³/mol. The van der Waals surface area contributed by atoms with Crippen LogP contribution in [0.4, 0.5) is 11.5 Å². The normalized spacial score (nSPS) is 14.0. The second-order valence-electron chi connectivity index (χ2n) is 6.17. The molecule has 1 amide bonds. The summed E-state index contributed by atoms with van der Waals surface area (Å²) in [6.45, 7) is 3.44. The number of rotatable bonds is 6. The molecule has 0 radical (unpaired) electrons. The zero-order valence-electron chi connectivity index (χ0n) is 14.7. The van der Waals surface area contributed by atoms with Crippen molar-refractivity contribution in [1.82, 2.24) is 20.3 Å². The Balaban J connectivity index is 1.27. The first-order valence-corrected chi connectivity index (χ1v) is 8.53. The molecule has 0 aliphatic carbocycles. The average Bonchev–Trinajstić information content (AvgIpc) is 3.07. The Morgan fingerprint density at radius 3 is 2.70 bits per heavy atom. The largest absolute Gasteiger partial charge is 0.365 e. The molecule has 3 aromatic rings. The lowest BCUT2D eigenvalue weighted by Gasteiger charge is -2.39. The number of aryl methyl sites for hydroxylation is 1. The van der Waals surface area contributed by atoms with Crippen molar-refractivity contribution in [2.45, 2.75) is 19.6 Å². The molecule has 1 fully saturated rings. The zero-order chi connectivity index (χ0) is 18.6. The van der Waals surface area contributed by atoms with E-state index >= 15 is 0 Å². The molecule has 0 spiro atoms. The maximum Gasteiger partial charge on any atom is 0.276 e. The van der Waals surface area contributed by atoms with Crippen LogP contribution < -0.4 is 10.2 Å². The molecular weight excluding hydrogens is 348 g/mol. The van der Waals surface area contributed by atoms with Crippen LogP contribution in [0.2, 0.25) is 0 Å². The number of aromatic nitrogens is 4. The van der Waals surface area contributed by atoms with Gasteiger partial charge in [0.2, 0.25) is 0 Å². The summed E-state index contributed by atoms with van der Waals surface area (Å²) < 4.78 is 10.7. The molecule has 1 N–H and O–H groups in total. The summed E-state index contributed by atoms with van der Waals surface area (Å²) in [5.41, 5.74) is 0.982. The molecule has 1 aliphatic heterocycles. The minimum atomic E-state index is -0.292. The maximum absolute atomic E-state index is 12.2. The van der Waals surface area contributed by atoms with Crippen molar-refractivity contribution in [3.05, 3.63) is 59.9 Å². The number of ether oxygens (including phenoxy) is 1. The third-order valence-electron chi connectivity index (χ3n) is 4.10. The van der Waals surface area contributed by atoms with Crippen molar-refractivity contribution in [2.75, 3.05) is 23.3 Å². The van der Waals surface area contributed by atoms with Crippen molar-refractivity contribution in [3.63, 3.8) is 0 Å². The van der Waals surface area contributed by atoms with E-state index in [-0.39, 0.29) is 17.7 Å². The first-order chi connectivity index (χ1) is 13.2. The molecule has 0 unspecified atom stereocenters. The highest BCUT2D eigenvalue weighted by atomic mass is 16.5. The fourth-order valence-corrected chi connectivity index (χ4v) is 2.65. The topological polar surface area (TPSA) is 106 Å². The number of benzene rings is 1. The first-order valence-electron chi connectivity index (χ1n) is 8.53. The fraction of sp³-hybridized carbons (Fsp3) is 0.278. The summed E-state index contributed by atoms with van der Waals surface area (Å²) >= 11 is 0. The molecule has 2 aromatic heterocycles. The van der Waals surface area contributed by atoms with Crippen molar-refractivity contribution >= 4 is 17.4 Å². The van der Waals surface area contributed by atoms with Crippen LogP contribution in [0.3, 0.4) is 0 Å². The van der Waals surface area contributed by atoms with Gasteiger partial charge < -0.3 is 19.5 Å². The highest BCUT2D eigenvalue weighted by Crippen LogP contribution is 2.20. The summed E-state index contributed by atoms with van der Waals surface area (Å²) in [5.74, 6) is 1.48. The molecule has 1 saturated heterocycles. The summed E-state index contributed by atoms with van der Waals surface area (Å²) in [6.07, 6.45) is 0.0695. The van der Waals surface area contributed by atoms with Crippen LogP contribution in [0, 0.1) is 6.92 Å². The number of hydrogen-bond donors (Lipinski definition) is 1. The lowest BCUT2D eigenvalue weighted by Crippen LogP contribution is -2.52. The van der Waals surface area contributed by atoms with Crippen LogP contribution in [-0.4, -0.2) is 45.4 Å². The van der Waals surface area contributed by atoms with Crippen LogP contribution in [-0.2, 0) is 11.3 Å². The molecule has 1 aromatic carbocycles. The molecule has 1 aliphatic rings. The summed E-state index contributed by atoms with van der Waals surface area (Å²) in [4.78, 5) is 18.3. The number of carbonyl (C=O) groups is 1. The lowest BCUT2D eigenvalue weighted by atomic mass is 10.1. The summed E-state index contributed by atoms with van der Waals surface area (Å²) in [7, 11) is 0. The van der Waals surface area contributed by atoms with Crippen LogP contribution in [0.1, 0.15) is 22.2 Å². The Hall–Kier alpha value is -3.33. The van der Waals surface area contributed by atoms with E-state index in [1.54, 1.807) is 19.1 Å². The molecule has 4 rings (SSSR count). The van der Waals surface area contributed by atoms with Crippen molar-refractivity contribution in [2.24, 2.45) is 0 Å². The van der Waals surface area contributed by atoms with E-state index in [1.165, 1.54) is 0 Å². The molecule has 0 atom stereocenters. The van der Waals surface area contributed by atoms with E-state index in [0.29, 0.717) is 42.9 Å². The fourth-order valence-electron chi connectivity index (χ4n) is 2.65. The van der Waals surface area contributed by atoms with Crippen molar-refractivity contribution in [3.8, 4) is 0 Å². The molecule has 0 saturated carbocycles. The number of nitrogens with one attached hydrogen (secondary N) is 1. The molecule has 9 nitrogen and oxygen atoms in total. The minimum Gasteiger partial charge on any atom is -0.365 e. The van der Waals surface area contributed by atoms with Gasteiger partial charge in [-0.2, -0.15) is 4.98 Å². The van der Waals surface area contributed by atoms with Gasteiger partial charge in [-0.25, -0.2) is 0 Å². The Morgan fingerprint density at radius 2 is 2.04 bits per heavy atom. The van der Waals surface area contributed by atoms with Crippen molar-refractivity contribution in [1.29, 1.82) is 0 Å². The van der Waals surface area contributed by atoms with Gasteiger partial charge >= 0.3 is 0 Å². The molecule has 27 heavy (non-hydrogen) atoms. The molecular formula is C18H18N6O3. The number of hydrogen-bond acceptors (Lipinski definition) is 8. The monoisotopic (exact) mass is 366 g/mol. The third-order valence-corrected chi connectivity index (χ3v) is 4.10. The highest BCUT2D eigenvalue weighted by Gasteiger charge is 2.29. The quantitative estimate of drug-likeness (QED) is 0.704. The van der Waals surface area contributed by atoms with Gasteiger partial charge in [0.05, 0.1) is 6.10 Å². The zero-order valence-corrected chi connectivity index (χ0v) is 14.7. The van der Waals surface area contributed by atoms with Gasteiger partial charge in [-0.05, 0) is 31.2 Å². The standard InChI is InChI=1S/C18H18N6O3/c1-12-19-17(27-23-12)11-26-14-9-24(10-14)16-8-7-15(21-22-16)18(25)20-13-5-3-2-4-6-13/h2-8,14H,9-11H2,1H3,(H,20,25). The Labute approximate surface area is 155 Å². The smallest absolute Gasteiger partial charge is 0.276 e. The van der Waals surface area contributed by atoms with Gasteiger partial charge in [-0.15, -0.1) is 10.2 Å². The van der Waals surface area contributed by atoms with Gasteiger partial charge in [0.1, 0.15) is 6.61 Å². The molecule has 9 heteroatoms. The molecule has 3 heterocycles. The number of nitrogens with zero attached hydrogens (tertiary/aromatic N) is 5. The van der Waals surface area contributed by atoms with Crippen LogP contribution in [0.15, 0.2) is 47.0 Å². The highest BCUT2D eigenvalue weighted by molar-refractivity contribution is 6.02. The third kappa shape index (κ3) is 4.09. The number of para-hydroxylation sites is 1. The van der Waals surface area contributed by atoms with E-state index in [2.05, 4.69) is 25.7 Å². The SMILES string of the molecule is Cc1noc(COC2CN(c3ccc(C(=O)Nc4ccccc4)nn3)C2)n1. The van der Waals surface area contributed by atoms with Crippen molar-refractivity contribution < 1.29 is 14.1 Å². The predicted octanol–water partition coefficient (Wildman–Crippen LogP) is 1.83. The van der Waals surface area contributed by atoms with Gasteiger partial charge in [-0.1, -0.05) is 23.4 Å². The average molecular weight is 366 g/mol. The van der Waals surface area contributed by atoms with Gasteiger partial charge in [0, 0.05) is 18.8 Å². The Kier molecular flexibility index (Phi) is 4.75. The van der Waals surface area contributed by atoms with E-state index < -0.39 is 0 Å². The van der Waals surface area contributed by atoms with Crippen LogP contribution >= 0.6 is 0 Å². The lowest BCUT2D eigenvalue weighted by molar-refractivity contribution is 0.00923. The number of carbonyl (C=O) groups excluding carboxylic acids is 1. The van der Waals surface area contributed by atoms with Gasteiger partial charge in [0.25, 0.3) is 11.8 Å².